The van der Waals surface area contributed by atoms with Crippen molar-refractivity contribution in [1.29, 1.82) is 0 Å². The third-order valence-electron chi connectivity index (χ3n) is 5.75. The second-order valence-electron chi connectivity index (χ2n) is 8.08. The molecule has 4 rings (SSSR count). The van der Waals surface area contributed by atoms with Crippen LogP contribution < -0.4 is 0 Å². The zero-order chi connectivity index (χ0) is 21.5. The van der Waals surface area contributed by atoms with Crippen molar-refractivity contribution in [3.8, 4) is 0 Å². The molecule has 2 heterocycles. The van der Waals surface area contributed by atoms with Crippen LogP contribution in [0.15, 0.2) is 30.3 Å². The van der Waals surface area contributed by atoms with Gasteiger partial charge in [-0.2, -0.15) is 18.3 Å². The number of benzene rings is 1. The van der Waals surface area contributed by atoms with E-state index in [4.69, 9.17) is 0 Å². The number of alkyl halides is 3. The fourth-order valence-corrected chi connectivity index (χ4v) is 3.93. The lowest BCUT2D eigenvalue weighted by atomic mass is 10.1. The summed E-state index contributed by atoms with van der Waals surface area (Å²) in [5.41, 5.74) is 0.422. The summed E-state index contributed by atoms with van der Waals surface area (Å²) >= 11 is 0. The van der Waals surface area contributed by atoms with Crippen molar-refractivity contribution >= 4 is 5.91 Å². The molecule has 1 amide bonds. The minimum atomic E-state index is -4.53. The predicted octanol–water partition coefficient (Wildman–Crippen LogP) is 3.82. The molecule has 0 bridgehead atoms. The van der Waals surface area contributed by atoms with E-state index in [1.54, 1.807) is 17.9 Å². The fraction of sp³-hybridized carbons (Fsp3) is 0.524. The Bertz CT molecular complexity index is 914. The third kappa shape index (κ3) is 4.50. The van der Waals surface area contributed by atoms with E-state index in [9.17, 15) is 22.4 Å². The molecule has 30 heavy (non-hydrogen) atoms. The molecule has 0 N–H and O–H groups in total. The van der Waals surface area contributed by atoms with Gasteiger partial charge in [-0.25, -0.2) is 4.39 Å². The normalized spacial score (nSPS) is 19.2. The lowest BCUT2D eigenvalue weighted by Gasteiger charge is -2.36. The first kappa shape index (κ1) is 20.8. The number of amides is 1. The molecule has 1 unspecified atom stereocenters. The van der Waals surface area contributed by atoms with Crippen LogP contribution >= 0.6 is 0 Å². The van der Waals surface area contributed by atoms with Crippen molar-refractivity contribution in [3.63, 3.8) is 0 Å². The molecule has 9 heteroatoms. The lowest BCUT2D eigenvalue weighted by molar-refractivity contribution is -0.143. The average Bonchev–Trinajstić information content (AvgIpc) is 3.44. The SMILES string of the molecule is CC(C(=O)N1CCN(Cc2cccc(F)c2)CC1)n1nc(C(F)(F)F)cc1C1CC1. The smallest absolute Gasteiger partial charge is 0.338 e. The van der Waals surface area contributed by atoms with E-state index in [0.717, 1.165) is 24.5 Å². The summed E-state index contributed by atoms with van der Waals surface area (Å²) in [6.07, 6.45) is -2.88. The Kier molecular flexibility index (Phi) is 5.57. The summed E-state index contributed by atoms with van der Waals surface area (Å²) in [4.78, 5) is 16.8. The van der Waals surface area contributed by atoms with Gasteiger partial charge in [-0.1, -0.05) is 12.1 Å². The number of aromatic nitrogens is 2. The van der Waals surface area contributed by atoms with E-state index in [-0.39, 0.29) is 17.6 Å². The van der Waals surface area contributed by atoms with Crippen molar-refractivity contribution in [3.05, 3.63) is 53.1 Å². The van der Waals surface area contributed by atoms with Crippen LogP contribution in [0.25, 0.3) is 0 Å². The minimum Gasteiger partial charge on any atom is -0.338 e. The van der Waals surface area contributed by atoms with Gasteiger partial charge in [0.15, 0.2) is 5.69 Å². The minimum absolute atomic E-state index is 0.0481. The van der Waals surface area contributed by atoms with E-state index in [0.29, 0.717) is 38.4 Å². The van der Waals surface area contributed by atoms with Crippen LogP contribution in [0.1, 0.15) is 48.7 Å². The highest BCUT2D eigenvalue weighted by Crippen LogP contribution is 2.43. The van der Waals surface area contributed by atoms with Gasteiger partial charge in [0.1, 0.15) is 11.9 Å². The molecule has 1 aromatic carbocycles. The van der Waals surface area contributed by atoms with E-state index in [2.05, 4.69) is 10.00 Å². The van der Waals surface area contributed by atoms with Crippen LogP contribution in [-0.2, 0) is 17.5 Å². The number of nitrogens with zero attached hydrogens (tertiary/aromatic N) is 4. The Labute approximate surface area is 172 Å². The fourth-order valence-electron chi connectivity index (χ4n) is 3.93. The van der Waals surface area contributed by atoms with E-state index in [1.807, 2.05) is 6.07 Å². The Morgan fingerprint density at radius 2 is 1.87 bits per heavy atom. The van der Waals surface area contributed by atoms with Crippen molar-refractivity contribution < 1.29 is 22.4 Å². The molecular weight excluding hydrogens is 400 g/mol. The maximum absolute atomic E-state index is 13.4. The predicted molar refractivity (Wildman–Crippen MR) is 102 cm³/mol. The van der Waals surface area contributed by atoms with Gasteiger partial charge >= 0.3 is 6.18 Å². The lowest BCUT2D eigenvalue weighted by Crippen LogP contribution is -2.50. The number of rotatable bonds is 5. The monoisotopic (exact) mass is 424 g/mol. The largest absolute Gasteiger partial charge is 0.435 e. The number of hydrogen-bond donors (Lipinski definition) is 0. The average molecular weight is 424 g/mol. The van der Waals surface area contributed by atoms with Gasteiger partial charge < -0.3 is 4.90 Å². The topological polar surface area (TPSA) is 41.4 Å². The molecule has 1 saturated heterocycles. The van der Waals surface area contributed by atoms with Gasteiger partial charge in [-0.05, 0) is 43.5 Å². The Hall–Kier alpha value is -2.42. The Morgan fingerprint density at radius 3 is 2.47 bits per heavy atom. The Balaban J connectivity index is 1.40. The molecule has 1 aliphatic carbocycles. The van der Waals surface area contributed by atoms with Crippen molar-refractivity contribution in [2.45, 2.75) is 44.4 Å². The highest BCUT2D eigenvalue weighted by molar-refractivity contribution is 5.80. The molecule has 2 aromatic rings. The molecule has 2 fully saturated rings. The number of carbonyl (C=O) groups is 1. The van der Waals surface area contributed by atoms with Crippen molar-refractivity contribution in [2.24, 2.45) is 0 Å². The van der Waals surface area contributed by atoms with E-state index in [1.165, 1.54) is 16.8 Å². The number of carbonyl (C=O) groups excluding carboxylic acids is 1. The molecule has 162 valence electrons. The van der Waals surface area contributed by atoms with Crippen LogP contribution in [0.2, 0.25) is 0 Å². The van der Waals surface area contributed by atoms with Gasteiger partial charge in [-0.15, -0.1) is 0 Å². The van der Waals surface area contributed by atoms with Crippen LogP contribution in [0.3, 0.4) is 0 Å². The number of halogens is 4. The summed E-state index contributed by atoms with van der Waals surface area (Å²) < 4.78 is 54.0. The second kappa shape index (κ2) is 8.02. The quantitative estimate of drug-likeness (QED) is 0.686. The van der Waals surface area contributed by atoms with E-state index < -0.39 is 17.9 Å². The van der Waals surface area contributed by atoms with Gasteiger partial charge in [0.25, 0.3) is 0 Å². The van der Waals surface area contributed by atoms with Crippen molar-refractivity contribution in [2.75, 3.05) is 26.2 Å². The maximum Gasteiger partial charge on any atom is 0.435 e. The van der Waals surface area contributed by atoms with Gasteiger partial charge in [0, 0.05) is 44.3 Å². The molecule has 2 aliphatic rings. The molecule has 0 radical (unpaired) electrons. The van der Waals surface area contributed by atoms with Gasteiger partial charge in [0.2, 0.25) is 5.91 Å². The summed E-state index contributed by atoms with van der Waals surface area (Å²) in [5.74, 6) is -0.454. The maximum atomic E-state index is 13.4. The zero-order valence-electron chi connectivity index (χ0n) is 16.7. The molecule has 1 atom stereocenters. The Morgan fingerprint density at radius 1 is 1.17 bits per heavy atom. The van der Waals surface area contributed by atoms with Gasteiger partial charge in [0.05, 0.1) is 0 Å². The first-order valence-corrected chi connectivity index (χ1v) is 10.1. The van der Waals surface area contributed by atoms with Crippen LogP contribution in [0.4, 0.5) is 17.6 Å². The molecule has 1 saturated carbocycles. The number of piperazine rings is 1. The molecular formula is C21H24F4N4O. The first-order valence-electron chi connectivity index (χ1n) is 10.1. The van der Waals surface area contributed by atoms with Crippen molar-refractivity contribution in [1.82, 2.24) is 19.6 Å². The zero-order valence-corrected chi connectivity index (χ0v) is 16.7. The van der Waals surface area contributed by atoms with Crippen LogP contribution in [0, 0.1) is 5.82 Å². The summed E-state index contributed by atoms with van der Waals surface area (Å²) in [5, 5.41) is 3.74. The summed E-state index contributed by atoms with van der Waals surface area (Å²) in [6, 6.07) is 6.72. The highest BCUT2D eigenvalue weighted by atomic mass is 19.4. The standard InChI is InChI=1S/C21H24F4N4O/c1-14(29-18(16-5-6-16)12-19(26-29)21(23,24)25)20(30)28-9-7-27(8-10-28)13-15-3-2-4-17(22)11-15/h2-4,11-12,14,16H,5-10,13H2,1H3. The van der Waals surface area contributed by atoms with E-state index >= 15 is 0 Å². The highest BCUT2D eigenvalue weighted by Gasteiger charge is 2.39. The first-order chi connectivity index (χ1) is 14.2. The molecule has 1 aromatic heterocycles. The molecule has 5 nitrogen and oxygen atoms in total. The molecule has 0 spiro atoms. The summed E-state index contributed by atoms with van der Waals surface area (Å²) in [6.45, 7) is 4.40. The molecule has 1 aliphatic heterocycles. The third-order valence-corrected chi connectivity index (χ3v) is 5.75. The van der Waals surface area contributed by atoms with Crippen LogP contribution in [-0.4, -0.2) is 51.7 Å². The number of hydrogen-bond acceptors (Lipinski definition) is 3. The van der Waals surface area contributed by atoms with Crippen LogP contribution in [0.5, 0.6) is 0 Å². The second-order valence-corrected chi connectivity index (χ2v) is 8.08. The van der Waals surface area contributed by atoms with Gasteiger partial charge in [-0.3, -0.25) is 14.4 Å². The summed E-state index contributed by atoms with van der Waals surface area (Å²) in [7, 11) is 0.